The van der Waals surface area contributed by atoms with Crippen LogP contribution in [0.2, 0.25) is 10.0 Å². The number of ether oxygens (including phenoxy) is 3. The topological polar surface area (TPSA) is 82.0 Å². The van der Waals surface area contributed by atoms with E-state index in [0.29, 0.717) is 41.9 Å². The van der Waals surface area contributed by atoms with Gasteiger partial charge in [-0.25, -0.2) is 9.67 Å². The van der Waals surface area contributed by atoms with E-state index in [1.165, 1.54) is 6.33 Å². The highest BCUT2D eigenvalue weighted by molar-refractivity contribution is 6.35. The summed E-state index contributed by atoms with van der Waals surface area (Å²) in [5.41, 5.74) is 2.48. The van der Waals surface area contributed by atoms with Crippen molar-refractivity contribution in [3.8, 4) is 5.75 Å². The number of benzene rings is 3. The molecule has 0 bridgehead atoms. The van der Waals surface area contributed by atoms with E-state index >= 15 is 0 Å². The Morgan fingerprint density at radius 1 is 1.00 bits per heavy atom. The molecular weight excluding hydrogens is 565 g/mol. The number of piperazine rings is 1. The van der Waals surface area contributed by atoms with Gasteiger partial charge in [0.2, 0.25) is 5.79 Å². The molecule has 2 fully saturated rings. The highest BCUT2D eigenvalue weighted by Gasteiger charge is 2.45. The van der Waals surface area contributed by atoms with Crippen LogP contribution in [-0.2, 0) is 21.8 Å². The van der Waals surface area contributed by atoms with Crippen LogP contribution in [0.3, 0.4) is 0 Å². The summed E-state index contributed by atoms with van der Waals surface area (Å²) in [5, 5.41) is 5.18. The van der Waals surface area contributed by atoms with E-state index in [2.05, 4.69) is 15.0 Å². The smallest absolute Gasteiger partial charge is 0.253 e. The Hall–Kier alpha value is -3.63. The molecule has 0 aliphatic carbocycles. The summed E-state index contributed by atoms with van der Waals surface area (Å²) in [6.07, 6.45) is 2.73. The number of rotatable bonds is 8. The van der Waals surface area contributed by atoms with Crippen molar-refractivity contribution in [2.75, 3.05) is 44.3 Å². The second kappa shape index (κ2) is 12.1. The van der Waals surface area contributed by atoms with Gasteiger partial charge < -0.3 is 24.0 Å². The molecule has 0 spiro atoms. The normalized spacial score (nSPS) is 20.8. The van der Waals surface area contributed by atoms with E-state index in [-0.39, 0.29) is 18.6 Å². The minimum Gasteiger partial charge on any atom is -0.491 e. The Labute approximate surface area is 248 Å². The van der Waals surface area contributed by atoms with Gasteiger partial charge in [-0.15, -0.1) is 0 Å². The minimum absolute atomic E-state index is 0.0794. The Morgan fingerprint density at radius 2 is 1.78 bits per heavy atom. The van der Waals surface area contributed by atoms with Crippen LogP contribution in [0.5, 0.6) is 5.75 Å². The summed E-state index contributed by atoms with van der Waals surface area (Å²) in [6.45, 7) is 3.78. The third-order valence-corrected chi connectivity index (χ3v) is 7.81. The van der Waals surface area contributed by atoms with Crippen LogP contribution in [0.25, 0.3) is 0 Å². The Kier molecular flexibility index (Phi) is 8.11. The third kappa shape index (κ3) is 6.18. The van der Waals surface area contributed by atoms with Crippen molar-refractivity contribution in [3.05, 3.63) is 107 Å². The molecule has 9 nitrogen and oxygen atoms in total. The van der Waals surface area contributed by atoms with Crippen LogP contribution in [-0.4, -0.2) is 71.1 Å². The van der Waals surface area contributed by atoms with Gasteiger partial charge >= 0.3 is 0 Å². The maximum atomic E-state index is 12.8. The second-order valence-electron chi connectivity index (χ2n) is 9.97. The lowest BCUT2D eigenvalue weighted by Gasteiger charge is -2.36. The highest BCUT2D eigenvalue weighted by atomic mass is 35.5. The number of amides is 1. The number of hydrogen-bond acceptors (Lipinski definition) is 7. The number of carbonyl (C=O) groups excluding carboxylic acids is 1. The van der Waals surface area contributed by atoms with E-state index < -0.39 is 5.79 Å². The first-order valence-electron chi connectivity index (χ1n) is 13.4. The first kappa shape index (κ1) is 27.5. The van der Waals surface area contributed by atoms with Gasteiger partial charge in [-0.1, -0.05) is 47.5 Å². The van der Waals surface area contributed by atoms with Crippen molar-refractivity contribution in [1.82, 2.24) is 19.7 Å². The lowest BCUT2D eigenvalue weighted by atomic mass is 10.1. The molecule has 2 atom stereocenters. The molecule has 2 aliphatic rings. The van der Waals surface area contributed by atoms with Crippen LogP contribution in [0.1, 0.15) is 15.9 Å². The standard InChI is InChI=1S/C30H29Cl2N5O4/c31-23-6-11-27(28(32)16-23)30(19-37-21-33-20-34-37)40-18-26(41-30)17-39-25-9-7-24(8-10-25)35-12-14-36(15-13-35)29(38)22-4-2-1-3-5-22/h1-11,16,20-21,26H,12-15,17-19H2. The number of aromatic nitrogens is 3. The van der Waals surface area contributed by atoms with Crippen molar-refractivity contribution < 1.29 is 19.0 Å². The van der Waals surface area contributed by atoms with Crippen LogP contribution in [0.4, 0.5) is 5.69 Å². The summed E-state index contributed by atoms with van der Waals surface area (Å²) in [4.78, 5) is 21.0. The molecule has 0 saturated carbocycles. The van der Waals surface area contributed by atoms with Crippen molar-refractivity contribution >= 4 is 34.8 Å². The Bertz CT molecular complexity index is 1460. The lowest BCUT2D eigenvalue weighted by Crippen LogP contribution is -2.48. The Morgan fingerprint density at radius 3 is 2.49 bits per heavy atom. The highest BCUT2D eigenvalue weighted by Crippen LogP contribution is 2.40. The van der Waals surface area contributed by atoms with Gasteiger partial charge in [0.05, 0.1) is 11.6 Å². The van der Waals surface area contributed by atoms with Crippen LogP contribution in [0, 0.1) is 0 Å². The fourth-order valence-electron chi connectivity index (χ4n) is 5.16. The molecule has 212 valence electrons. The molecule has 4 aromatic rings. The molecule has 3 aromatic carbocycles. The first-order chi connectivity index (χ1) is 20.0. The second-order valence-corrected chi connectivity index (χ2v) is 10.8. The average molecular weight is 594 g/mol. The van der Waals surface area contributed by atoms with E-state index in [0.717, 1.165) is 30.1 Å². The minimum atomic E-state index is -1.16. The zero-order chi connectivity index (χ0) is 28.2. The van der Waals surface area contributed by atoms with Gasteiger partial charge in [-0.3, -0.25) is 4.79 Å². The van der Waals surface area contributed by atoms with Crippen LogP contribution in [0.15, 0.2) is 85.5 Å². The summed E-state index contributed by atoms with van der Waals surface area (Å²) >= 11 is 12.7. The third-order valence-electron chi connectivity index (χ3n) is 7.26. The van der Waals surface area contributed by atoms with Crippen LogP contribution < -0.4 is 9.64 Å². The van der Waals surface area contributed by atoms with E-state index in [4.69, 9.17) is 37.4 Å². The maximum absolute atomic E-state index is 12.8. The number of carbonyl (C=O) groups is 1. The molecule has 6 rings (SSSR count). The number of hydrogen-bond donors (Lipinski definition) is 0. The van der Waals surface area contributed by atoms with Crippen molar-refractivity contribution in [3.63, 3.8) is 0 Å². The maximum Gasteiger partial charge on any atom is 0.253 e. The first-order valence-corrected chi connectivity index (χ1v) is 14.2. The van der Waals surface area contributed by atoms with Gasteiger partial charge in [0.1, 0.15) is 37.7 Å². The van der Waals surface area contributed by atoms with Crippen molar-refractivity contribution in [2.24, 2.45) is 0 Å². The fraction of sp³-hybridized carbons (Fsp3) is 0.300. The summed E-state index contributed by atoms with van der Waals surface area (Å²) in [5.74, 6) is -0.346. The lowest BCUT2D eigenvalue weighted by molar-refractivity contribution is -0.190. The zero-order valence-corrected chi connectivity index (χ0v) is 23.7. The number of halogens is 2. The molecule has 1 aromatic heterocycles. The fourth-order valence-corrected chi connectivity index (χ4v) is 5.71. The largest absolute Gasteiger partial charge is 0.491 e. The van der Waals surface area contributed by atoms with Crippen LogP contribution >= 0.6 is 23.2 Å². The SMILES string of the molecule is O=C(c1ccccc1)N1CCN(c2ccc(OCC3COC(Cn4cncn4)(c4ccc(Cl)cc4Cl)O3)cc2)CC1. The van der Waals surface area contributed by atoms with Crippen molar-refractivity contribution in [2.45, 2.75) is 18.4 Å². The molecule has 3 heterocycles. The van der Waals surface area contributed by atoms with Gasteiger partial charge in [0.25, 0.3) is 5.91 Å². The molecule has 41 heavy (non-hydrogen) atoms. The predicted molar refractivity (Wildman–Crippen MR) is 155 cm³/mol. The molecule has 2 saturated heterocycles. The predicted octanol–water partition coefficient (Wildman–Crippen LogP) is 4.89. The monoisotopic (exact) mass is 593 g/mol. The summed E-state index contributed by atoms with van der Waals surface area (Å²) in [6, 6.07) is 22.6. The van der Waals surface area contributed by atoms with Gasteiger partial charge in [-0.05, 0) is 48.5 Å². The average Bonchev–Trinajstić information content (AvgIpc) is 3.67. The van der Waals surface area contributed by atoms with Gasteiger partial charge in [0, 0.05) is 48.0 Å². The quantitative estimate of drug-likeness (QED) is 0.287. The van der Waals surface area contributed by atoms with Gasteiger partial charge in [0.15, 0.2) is 0 Å². The van der Waals surface area contributed by atoms with Crippen molar-refractivity contribution in [1.29, 1.82) is 0 Å². The molecule has 2 aliphatic heterocycles. The molecule has 11 heteroatoms. The number of nitrogens with zero attached hydrogens (tertiary/aromatic N) is 5. The molecule has 1 amide bonds. The summed E-state index contributed by atoms with van der Waals surface area (Å²) in [7, 11) is 0. The van der Waals surface area contributed by atoms with E-state index in [9.17, 15) is 4.79 Å². The molecule has 0 N–H and O–H groups in total. The van der Waals surface area contributed by atoms with Gasteiger partial charge in [-0.2, -0.15) is 5.10 Å². The molecule has 0 radical (unpaired) electrons. The summed E-state index contributed by atoms with van der Waals surface area (Å²) < 4.78 is 20.4. The Balaban J connectivity index is 1.05. The number of anilines is 1. The molecular formula is C30H29Cl2N5O4. The van der Waals surface area contributed by atoms with E-state index in [1.54, 1.807) is 29.2 Å². The van der Waals surface area contributed by atoms with E-state index in [1.807, 2.05) is 59.5 Å². The zero-order valence-electron chi connectivity index (χ0n) is 22.2. The molecule has 2 unspecified atom stereocenters.